The second kappa shape index (κ2) is 8.63. The van der Waals surface area contributed by atoms with Gasteiger partial charge in [-0.15, -0.1) is 0 Å². The highest BCUT2D eigenvalue weighted by molar-refractivity contribution is 5.81. The third kappa shape index (κ3) is 5.38. The number of carbonyl (C=O) groups is 1. The Hall–Kier alpha value is -1.43. The average Bonchev–Trinajstić information content (AvgIpc) is 2.44. The third-order valence-electron chi connectivity index (χ3n) is 2.85. The maximum absolute atomic E-state index is 12.2. The predicted octanol–water partition coefficient (Wildman–Crippen LogP) is 0.371. The van der Waals surface area contributed by atoms with E-state index in [1.165, 1.54) is 0 Å². The van der Waals surface area contributed by atoms with Gasteiger partial charge in [0, 0.05) is 26.8 Å². The van der Waals surface area contributed by atoms with Crippen LogP contribution < -0.4 is 5.73 Å². The summed E-state index contributed by atoms with van der Waals surface area (Å²) < 4.78 is 4.92. The summed E-state index contributed by atoms with van der Waals surface area (Å²) in [5, 5.41) is 9.06. The van der Waals surface area contributed by atoms with Crippen molar-refractivity contribution in [3.05, 3.63) is 35.9 Å². The topological polar surface area (TPSA) is 75.8 Å². The molecule has 0 radical (unpaired) electrons. The summed E-state index contributed by atoms with van der Waals surface area (Å²) in [5.74, 6) is -0.157. The molecule has 1 unspecified atom stereocenters. The molecule has 0 bridgehead atoms. The summed E-state index contributed by atoms with van der Waals surface area (Å²) in [4.78, 5) is 13.8. The maximum Gasteiger partial charge on any atom is 0.239 e. The molecule has 1 aromatic carbocycles. The molecule has 1 aromatic rings. The van der Waals surface area contributed by atoms with Crippen LogP contribution in [0, 0.1) is 0 Å². The summed E-state index contributed by atoms with van der Waals surface area (Å²) in [6, 6.07) is 9.06. The molecule has 3 N–H and O–H groups in total. The van der Waals surface area contributed by atoms with Gasteiger partial charge in [0.25, 0.3) is 0 Å². The van der Waals surface area contributed by atoms with Crippen LogP contribution in [-0.4, -0.2) is 48.8 Å². The zero-order valence-electron chi connectivity index (χ0n) is 11.3. The molecule has 0 aliphatic rings. The van der Waals surface area contributed by atoms with Gasteiger partial charge in [0.05, 0.1) is 12.6 Å². The Morgan fingerprint density at radius 1 is 1.42 bits per heavy atom. The maximum atomic E-state index is 12.2. The Kier molecular flexibility index (Phi) is 7.10. The molecule has 0 aliphatic carbocycles. The summed E-state index contributed by atoms with van der Waals surface area (Å²) in [6.07, 6.45) is 0.478. The highest BCUT2D eigenvalue weighted by atomic mass is 16.5. The second-order valence-corrected chi connectivity index (χ2v) is 4.36. The van der Waals surface area contributed by atoms with E-state index in [1.807, 2.05) is 30.3 Å². The van der Waals surface area contributed by atoms with Gasteiger partial charge in [0.2, 0.25) is 5.91 Å². The number of ether oxygens (including phenoxy) is 1. The molecule has 19 heavy (non-hydrogen) atoms. The van der Waals surface area contributed by atoms with E-state index in [4.69, 9.17) is 15.6 Å². The number of rotatable bonds is 8. The van der Waals surface area contributed by atoms with Crippen LogP contribution in [0.3, 0.4) is 0 Å². The highest BCUT2D eigenvalue weighted by Crippen LogP contribution is 2.06. The third-order valence-corrected chi connectivity index (χ3v) is 2.85. The number of aliphatic hydroxyl groups is 1. The first-order valence-electron chi connectivity index (χ1n) is 6.37. The van der Waals surface area contributed by atoms with Gasteiger partial charge in [-0.2, -0.15) is 0 Å². The van der Waals surface area contributed by atoms with Crippen molar-refractivity contribution in [3.63, 3.8) is 0 Å². The standard InChI is InChI=1S/C14H22N2O3/c1-19-10-7-13(15)14(18)16(8-9-17)11-12-5-3-2-4-6-12/h2-6,13,17H,7-11,15H2,1H3. The first-order valence-corrected chi connectivity index (χ1v) is 6.37. The van der Waals surface area contributed by atoms with Crippen molar-refractivity contribution in [2.24, 2.45) is 5.73 Å². The van der Waals surface area contributed by atoms with E-state index in [0.29, 0.717) is 19.6 Å². The van der Waals surface area contributed by atoms with E-state index < -0.39 is 6.04 Å². The van der Waals surface area contributed by atoms with Crippen LogP contribution in [0.15, 0.2) is 30.3 Å². The largest absolute Gasteiger partial charge is 0.395 e. The highest BCUT2D eigenvalue weighted by Gasteiger charge is 2.20. The minimum absolute atomic E-state index is 0.0738. The van der Waals surface area contributed by atoms with Crippen molar-refractivity contribution in [3.8, 4) is 0 Å². The number of amides is 1. The van der Waals surface area contributed by atoms with Crippen LogP contribution in [0.1, 0.15) is 12.0 Å². The molecule has 0 heterocycles. The van der Waals surface area contributed by atoms with Crippen LogP contribution in [0.2, 0.25) is 0 Å². The molecule has 1 amide bonds. The summed E-state index contributed by atoms with van der Waals surface area (Å²) >= 11 is 0. The van der Waals surface area contributed by atoms with Gasteiger partial charge in [-0.25, -0.2) is 0 Å². The molecule has 1 atom stereocenters. The van der Waals surface area contributed by atoms with Gasteiger partial charge in [-0.05, 0) is 12.0 Å². The lowest BCUT2D eigenvalue weighted by Crippen LogP contribution is -2.45. The molecule has 1 rings (SSSR count). The Labute approximate surface area is 114 Å². The summed E-state index contributed by atoms with van der Waals surface area (Å²) in [7, 11) is 1.58. The van der Waals surface area contributed by atoms with Crippen LogP contribution in [0.25, 0.3) is 0 Å². The Morgan fingerprint density at radius 3 is 2.68 bits per heavy atom. The second-order valence-electron chi connectivity index (χ2n) is 4.36. The van der Waals surface area contributed by atoms with E-state index >= 15 is 0 Å². The van der Waals surface area contributed by atoms with Gasteiger partial charge in [0.15, 0.2) is 0 Å². The normalized spacial score (nSPS) is 12.2. The van der Waals surface area contributed by atoms with Crippen molar-refractivity contribution < 1.29 is 14.6 Å². The van der Waals surface area contributed by atoms with Gasteiger partial charge in [-0.3, -0.25) is 4.79 Å². The average molecular weight is 266 g/mol. The molecule has 0 aliphatic heterocycles. The SMILES string of the molecule is COCCC(N)C(=O)N(CCO)Cc1ccccc1. The van der Waals surface area contributed by atoms with Gasteiger partial charge in [0.1, 0.15) is 0 Å². The zero-order chi connectivity index (χ0) is 14.1. The number of hydrogen-bond acceptors (Lipinski definition) is 4. The number of benzene rings is 1. The molecule has 0 fully saturated rings. The molecule has 5 nitrogen and oxygen atoms in total. The van der Waals surface area contributed by atoms with Gasteiger partial charge >= 0.3 is 0 Å². The van der Waals surface area contributed by atoms with E-state index in [2.05, 4.69) is 0 Å². The molecule has 106 valence electrons. The van der Waals surface area contributed by atoms with Crippen LogP contribution >= 0.6 is 0 Å². The van der Waals surface area contributed by atoms with Crippen molar-refractivity contribution in [2.75, 3.05) is 26.9 Å². The lowest BCUT2D eigenvalue weighted by molar-refractivity contribution is -0.134. The van der Waals surface area contributed by atoms with E-state index in [-0.39, 0.29) is 19.1 Å². The molecular weight excluding hydrogens is 244 g/mol. The van der Waals surface area contributed by atoms with Crippen LogP contribution in [-0.2, 0) is 16.1 Å². The summed E-state index contributed by atoms with van der Waals surface area (Å²) in [6.45, 7) is 1.12. The Morgan fingerprint density at radius 2 is 2.11 bits per heavy atom. The van der Waals surface area contributed by atoms with E-state index in [1.54, 1.807) is 12.0 Å². The molecule has 0 spiro atoms. The first-order chi connectivity index (χ1) is 9.19. The van der Waals surface area contributed by atoms with Crippen molar-refractivity contribution in [2.45, 2.75) is 19.0 Å². The van der Waals surface area contributed by atoms with E-state index in [9.17, 15) is 4.79 Å². The van der Waals surface area contributed by atoms with Crippen molar-refractivity contribution >= 4 is 5.91 Å². The minimum atomic E-state index is -0.588. The van der Waals surface area contributed by atoms with Crippen molar-refractivity contribution in [1.29, 1.82) is 0 Å². The lowest BCUT2D eigenvalue weighted by atomic mass is 10.1. The lowest BCUT2D eigenvalue weighted by Gasteiger charge is -2.25. The number of methoxy groups -OCH3 is 1. The van der Waals surface area contributed by atoms with Crippen LogP contribution in [0.5, 0.6) is 0 Å². The monoisotopic (exact) mass is 266 g/mol. The molecular formula is C14H22N2O3. The molecule has 5 heteroatoms. The van der Waals surface area contributed by atoms with Crippen LogP contribution in [0.4, 0.5) is 0 Å². The number of hydrogen-bond donors (Lipinski definition) is 2. The predicted molar refractivity (Wildman–Crippen MR) is 73.4 cm³/mol. The minimum Gasteiger partial charge on any atom is -0.395 e. The zero-order valence-corrected chi connectivity index (χ0v) is 11.3. The molecule has 0 saturated carbocycles. The van der Waals surface area contributed by atoms with Crippen molar-refractivity contribution in [1.82, 2.24) is 4.90 Å². The van der Waals surface area contributed by atoms with Gasteiger partial charge in [-0.1, -0.05) is 30.3 Å². The first kappa shape index (κ1) is 15.6. The summed E-state index contributed by atoms with van der Waals surface area (Å²) in [5.41, 5.74) is 6.85. The number of carbonyl (C=O) groups excluding carboxylic acids is 1. The quantitative estimate of drug-likeness (QED) is 0.713. The fourth-order valence-electron chi connectivity index (χ4n) is 1.79. The Bertz CT molecular complexity index is 370. The fraction of sp³-hybridized carbons (Fsp3) is 0.500. The molecule has 0 saturated heterocycles. The number of aliphatic hydroxyl groups excluding tert-OH is 1. The smallest absolute Gasteiger partial charge is 0.239 e. The number of nitrogens with two attached hydrogens (primary N) is 1. The van der Waals surface area contributed by atoms with E-state index in [0.717, 1.165) is 5.56 Å². The fourth-order valence-corrected chi connectivity index (χ4v) is 1.79. The number of nitrogens with zero attached hydrogens (tertiary/aromatic N) is 1. The molecule has 0 aromatic heterocycles. The van der Waals surface area contributed by atoms with Gasteiger partial charge < -0.3 is 20.5 Å². The Balaban J connectivity index is 2.63.